The molecule has 1 atom stereocenters. The lowest BCUT2D eigenvalue weighted by molar-refractivity contribution is 0.0142. The van der Waals surface area contributed by atoms with Crippen LogP contribution in [0.4, 0.5) is 0 Å². The second-order valence-corrected chi connectivity index (χ2v) is 4.88. The van der Waals surface area contributed by atoms with Gasteiger partial charge in [0.05, 0.1) is 17.2 Å². The van der Waals surface area contributed by atoms with Gasteiger partial charge < -0.3 is 10.4 Å². The van der Waals surface area contributed by atoms with E-state index in [2.05, 4.69) is 5.32 Å². The average Bonchev–Trinajstić information content (AvgIpc) is 2.36. The van der Waals surface area contributed by atoms with Crippen LogP contribution < -0.4 is 5.32 Å². The lowest BCUT2D eigenvalue weighted by Gasteiger charge is -2.27. The number of nitriles is 1. The molecular formula is C14H18N2O2. The molecule has 1 unspecified atom stereocenters. The van der Waals surface area contributed by atoms with E-state index in [0.717, 1.165) is 0 Å². The molecule has 0 saturated heterocycles. The van der Waals surface area contributed by atoms with E-state index in [9.17, 15) is 9.90 Å². The number of amides is 1. The van der Waals surface area contributed by atoms with Crippen LogP contribution in [0.2, 0.25) is 0 Å². The number of benzene rings is 1. The predicted molar refractivity (Wildman–Crippen MR) is 69.0 cm³/mol. The van der Waals surface area contributed by atoms with Gasteiger partial charge in [0, 0.05) is 12.1 Å². The number of carbonyl (C=O) groups is 1. The molecule has 0 spiro atoms. The van der Waals surface area contributed by atoms with Crippen LogP contribution in [0.1, 0.15) is 36.7 Å². The third-order valence-electron chi connectivity index (χ3n) is 3.13. The maximum Gasteiger partial charge on any atom is 0.251 e. The van der Waals surface area contributed by atoms with E-state index in [1.54, 1.807) is 31.2 Å². The van der Waals surface area contributed by atoms with Crippen LogP contribution in [0.25, 0.3) is 0 Å². The van der Waals surface area contributed by atoms with Crippen LogP contribution in [-0.4, -0.2) is 23.2 Å². The molecule has 4 nitrogen and oxygen atoms in total. The number of carbonyl (C=O) groups excluding carboxylic acids is 1. The van der Waals surface area contributed by atoms with Crippen LogP contribution >= 0.6 is 0 Å². The third-order valence-corrected chi connectivity index (χ3v) is 3.13. The van der Waals surface area contributed by atoms with Crippen molar-refractivity contribution in [3.8, 4) is 6.07 Å². The lowest BCUT2D eigenvalue weighted by atomic mass is 9.92. The highest BCUT2D eigenvalue weighted by atomic mass is 16.3. The van der Waals surface area contributed by atoms with Crippen LogP contribution in [-0.2, 0) is 0 Å². The molecule has 2 N–H and O–H groups in total. The summed E-state index contributed by atoms with van der Waals surface area (Å²) in [6, 6.07) is 8.37. The van der Waals surface area contributed by atoms with Crippen molar-refractivity contribution in [2.75, 3.05) is 6.54 Å². The van der Waals surface area contributed by atoms with Crippen molar-refractivity contribution in [2.24, 2.45) is 5.92 Å². The van der Waals surface area contributed by atoms with Crippen LogP contribution in [0.5, 0.6) is 0 Å². The standard InChI is InChI=1S/C14H18N2O2/c1-10(2)14(3,18)9-16-13(17)12-6-4-11(8-15)5-7-12/h4-7,10,18H,9H2,1-3H3,(H,16,17). The van der Waals surface area contributed by atoms with Crippen molar-refractivity contribution < 1.29 is 9.90 Å². The second-order valence-electron chi connectivity index (χ2n) is 4.88. The fraction of sp³-hybridized carbons (Fsp3) is 0.429. The first-order valence-electron chi connectivity index (χ1n) is 5.87. The summed E-state index contributed by atoms with van der Waals surface area (Å²) in [6.07, 6.45) is 0. The summed E-state index contributed by atoms with van der Waals surface area (Å²) in [4.78, 5) is 11.8. The van der Waals surface area contributed by atoms with Crippen molar-refractivity contribution in [1.29, 1.82) is 5.26 Å². The number of rotatable bonds is 4. The molecule has 0 fully saturated rings. The fourth-order valence-corrected chi connectivity index (χ4v) is 1.26. The van der Waals surface area contributed by atoms with E-state index in [0.29, 0.717) is 11.1 Å². The summed E-state index contributed by atoms with van der Waals surface area (Å²) in [6.45, 7) is 5.68. The molecule has 0 aromatic heterocycles. The monoisotopic (exact) mass is 246 g/mol. The Morgan fingerprint density at radius 2 is 2.00 bits per heavy atom. The Balaban J connectivity index is 2.63. The van der Waals surface area contributed by atoms with Crippen molar-refractivity contribution in [3.05, 3.63) is 35.4 Å². The molecule has 18 heavy (non-hydrogen) atoms. The Labute approximate surface area is 107 Å². The van der Waals surface area contributed by atoms with E-state index in [1.807, 2.05) is 19.9 Å². The van der Waals surface area contributed by atoms with Gasteiger partial charge in [-0.25, -0.2) is 0 Å². The molecule has 0 saturated carbocycles. The van der Waals surface area contributed by atoms with Gasteiger partial charge in [0.15, 0.2) is 0 Å². The quantitative estimate of drug-likeness (QED) is 0.849. The molecule has 1 aromatic rings. The smallest absolute Gasteiger partial charge is 0.251 e. The highest BCUT2D eigenvalue weighted by Crippen LogP contribution is 2.14. The number of nitrogens with one attached hydrogen (secondary N) is 1. The molecule has 96 valence electrons. The van der Waals surface area contributed by atoms with Gasteiger partial charge in [-0.3, -0.25) is 4.79 Å². The zero-order chi connectivity index (χ0) is 13.8. The summed E-state index contributed by atoms with van der Waals surface area (Å²) in [5.74, 6) is -0.195. The molecule has 0 heterocycles. The van der Waals surface area contributed by atoms with Crippen LogP contribution in [0.3, 0.4) is 0 Å². The molecule has 0 aliphatic carbocycles. The normalized spacial score (nSPS) is 13.8. The topological polar surface area (TPSA) is 73.1 Å². The first-order chi connectivity index (χ1) is 8.36. The number of aliphatic hydroxyl groups is 1. The number of hydrogen-bond donors (Lipinski definition) is 2. The van der Waals surface area contributed by atoms with Gasteiger partial charge in [-0.15, -0.1) is 0 Å². The predicted octanol–water partition coefficient (Wildman–Crippen LogP) is 1.70. The van der Waals surface area contributed by atoms with Crippen LogP contribution in [0, 0.1) is 17.2 Å². The third kappa shape index (κ3) is 3.57. The molecule has 0 radical (unpaired) electrons. The minimum Gasteiger partial charge on any atom is -0.388 e. The molecule has 0 bridgehead atoms. The number of hydrogen-bond acceptors (Lipinski definition) is 3. The SMILES string of the molecule is CC(C)C(C)(O)CNC(=O)c1ccc(C#N)cc1. The van der Waals surface area contributed by atoms with Crippen molar-refractivity contribution in [2.45, 2.75) is 26.4 Å². The maximum atomic E-state index is 11.8. The first-order valence-corrected chi connectivity index (χ1v) is 5.87. The Morgan fingerprint density at radius 1 is 1.44 bits per heavy atom. The molecule has 1 amide bonds. The summed E-state index contributed by atoms with van der Waals surface area (Å²) in [5.41, 5.74) is 0.0664. The summed E-state index contributed by atoms with van der Waals surface area (Å²) < 4.78 is 0. The Bertz CT molecular complexity index is 456. The van der Waals surface area contributed by atoms with Gasteiger partial charge in [0.2, 0.25) is 0 Å². The van der Waals surface area contributed by atoms with E-state index in [4.69, 9.17) is 5.26 Å². The largest absolute Gasteiger partial charge is 0.388 e. The van der Waals surface area contributed by atoms with Gasteiger partial charge in [0.25, 0.3) is 5.91 Å². The van der Waals surface area contributed by atoms with Gasteiger partial charge in [-0.2, -0.15) is 5.26 Å². The van der Waals surface area contributed by atoms with Crippen molar-refractivity contribution >= 4 is 5.91 Å². The minimum atomic E-state index is -0.928. The fourth-order valence-electron chi connectivity index (χ4n) is 1.26. The molecule has 1 aromatic carbocycles. The minimum absolute atomic E-state index is 0.0544. The highest BCUT2D eigenvalue weighted by Gasteiger charge is 2.25. The zero-order valence-electron chi connectivity index (χ0n) is 10.9. The summed E-state index contributed by atoms with van der Waals surface area (Å²) >= 11 is 0. The number of nitrogens with zero attached hydrogens (tertiary/aromatic N) is 1. The molecule has 0 aliphatic heterocycles. The summed E-state index contributed by atoms with van der Waals surface area (Å²) in [5, 5.41) is 21.4. The van der Waals surface area contributed by atoms with Gasteiger partial charge in [0.1, 0.15) is 0 Å². The molecule has 4 heteroatoms. The average molecular weight is 246 g/mol. The van der Waals surface area contributed by atoms with E-state index in [1.165, 1.54) is 0 Å². The maximum absolute atomic E-state index is 11.8. The van der Waals surface area contributed by atoms with E-state index < -0.39 is 5.60 Å². The lowest BCUT2D eigenvalue weighted by Crippen LogP contribution is -2.44. The Kier molecular flexibility index (Phi) is 4.46. The highest BCUT2D eigenvalue weighted by molar-refractivity contribution is 5.94. The first kappa shape index (κ1) is 14.2. The van der Waals surface area contributed by atoms with Gasteiger partial charge >= 0.3 is 0 Å². The second kappa shape index (κ2) is 5.65. The van der Waals surface area contributed by atoms with E-state index in [-0.39, 0.29) is 18.4 Å². The Hall–Kier alpha value is -1.86. The van der Waals surface area contributed by atoms with Gasteiger partial charge in [-0.1, -0.05) is 13.8 Å². The summed E-state index contributed by atoms with van der Waals surface area (Å²) in [7, 11) is 0. The van der Waals surface area contributed by atoms with Crippen LogP contribution in [0.15, 0.2) is 24.3 Å². The zero-order valence-corrected chi connectivity index (χ0v) is 10.9. The van der Waals surface area contributed by atoms with Gasteiger partial charge in [-0.05, 0) is 37.1 Å². The molecular weight excluding hydrogens is 228 g/mol. The van der Waals surface area contributed by atoms with E-state index >= 15 is 0 Å². The Morgan fingerprint density at radius 3 is 2.44 bits per heavy atom. The molecule has 1 rings (SSSR count). The van der Waals surface area contributed by atoms with Crippen molar-refractivity contribution in [3.63, 3.8) is 0 Å². The van der Waals surface area contributed by atoms with Crippen molar-refractivity contribution in [1.82, 2.24) is 5.32 Å². The molecule has 0 aliphatic rings.